The van der Waals surface area contributed by atoms with Gasteiger partial charge in [-0.25, -0.2) is 8.42 Å². The molecule has 27 heavy (non-hydrogen) atoms. The van der Waals surface area contributed by atoms with E-state index in [9.17, 15) is 8.42 Å². The van der Waals surface area contributed by atoms with Crippen LogP contribution in [-0.4, -0.2) is 48.0 Å². The van der Waals surface area contributed by atoms with E-state index in [4.69, 9.17) is 4.99 Å². The van der Waals surface area contributed by atoms with Crippen molar-refractivity contribution in [3.05, 3.63) is 54.0 Å². The largest absolute Gasteiger partial charge is 0.325 e. The topological polar surface area (TPSA) is 70.8 Å². The average molecular weight is 385 g/mol. The van der Waals surface area contributed by atoms with Crippen molar-refractivity contribution < 1.29 is 8.42 Å². The molecule has 1 aromatic heterocycles. The maximum Gasteiger partial charge on any atom is 0.243 e. The van der Waals surface area contributed by atoms with Gasteiger partial charge in [-0.05, 0) is 37.5 Å². The number of sulfonamides is 1. The first-order valence-electron chi connectivity index (χ1n) is 9.04. The fourth-order valence-electron chi connectivity index (χ4n) is 3.50. The number of benzene rings is 1. The highest BCUT2D eigenvalue weighted by molar-refractivity contribution is 7.89. The molecular weight excluding hydrogens is 362 g/mol. The lowest BCUT2D eigenvalue weighted by Gasteiger charge is -2.23. The SMILES string of the molecule is CC1=CN(c2cnn(C)c2)CN=C1c1ccc(S(=O)(=O)N2CCCC2)cc1. The molecule has 0 aliphatic carbocycles. The predicted molar refractivity (Wildman–Crippen MR) is 105 cm³/mol. The fraction of sp³-hybridized carbons (Fsp3) is 0.368. The Morgan fingerprint density at radius 2 is 1.78 bits per heavy atom. The molecule has 0 saturated carbocycles. The Labute approximate surface area is 159 Å². The van der Waals surface area contributed by atoms with Crippen molar-refractivity contribution in [2.24, 2.45) is 12.0 Å². The second kappa shape index (κ2) is 6.94. The van der Waals surface area contributed by atoms with Gasteiger partial charge < -0.3 is 4.90 Å². The van der Waals surface area contributed by atoms with Gasteiger partial charge in [0.15, 0.2) is 0 Å². The molecule has 1 saturated heterocycles. The summed E-state index contributed by atoms with van der Waals surface area (Å²) in [6, 6.07) is 7.07. The minimum atomic E-state index is -3.38. The molecule has 7 nitrogen and oxygen atoms in total. The molecule has 0 unspecified atom stereocenters. The summed E-state index contributed by atoms with van der Waals surface area (Å²) in [7, 11) is -1.50. The zero-order valence-electron chi connectivity index (χ0n) is 15.5. The Balaban J connectivity index is 1.54. The normalized spacial score (nSPS) is 18.5. The second-order valence-electron chi connectivity index (χ2n) is 6.94. The fourth-order valence-corrected chi connectivity index (χ4v) is 5.02. The number of hydrogen-bond donors (Lipinski definition) is 0. The first-order chi connectivity index (χ1) is 12.9. The van der Waals surface area contributed by atoms with Crippen LogP contribution in [0.2, 0.25) is 0 Å². The standard InChI is InChI=1S/C19H23N5O2S/c1-15-12-23(17-11-21-22(2)13-17)14-20-19(15)16-5-7-18(8-6-16)27(25,26)24-9-3-4-10-24/h5-8,11-13H,3-4,9-10,14H2,1-2H3. The summed E-state index contributed by atoms with van der Waals surface area (Å²) in [6.07, 6.45) is 7.68. The molecule has 0 atom stereocenters. The highest BCUT2D eigenvalue weighted by atomic mass is 32.2. The number of allylic oxidation sites excluding steroid dienone is 1. The molecule has 4 rings (SSSR count). The summed E-state index contributed by atoms with van der Waals surface area (Å²) in [5, 5.41) is 4.20. The van der Waals surface area contributed by atoms with Crippen molar-refractivity contribution in [3.63, 3.8) is 0 Å². The molecule has 0 N–H and O–H groups in total. The van der Waals surface area contributed by atoms with Crippen LogP contribution in [0.4, 0.5) is 5.69 Å². The van der Waals surface area contributed by atoms with Gasteiger partial charge in [0.25, 0.3) is 0 Å². The Hall–Kier alpha value is -2.45. The van der Waals surface area contributed by atoms with Crippen molar-refractivity contribution in [1.29, 1.82) is 0 Å². The maximum atomic E-state index is 12.7. The molecule has 0 bridgehead atoms. The maximum absolute atomic E-state index is 12.7. The zero-order valence-corrected chi connectivity index (χ0v) is 16.4. The Kier molecular flexibility index (Phi) is 4.61. The lowest BCUT2D eigenvalue weighted by Crippen LogP contribution is -2.28. The van der Waals surface area contributed by atoms with Crippen molar-refractivity contribution in [2.75, 3.05) is 24.7 Å². The molecule has 8 heteroatoms. The Morgan fingerprint density at radius 3 is 2.37 bits per heavy atom. The lowest BCUT2D eigenvalue weighted by atomic mass is 10.0. The van der Waals surface area contributed by atoms with Gasteiger partial charge in [0.05, 0.1) is 22.5 Å². The molecule has 1 aromatic carbocycles. The van der Waals surface area contributed by atoms with E-state index < -0.39 is 10.0 Å². The van der Waals surface area contributed by atoms with Crippen LogP contribution < -0.4 is 4.90 Å². The zero-order chi connectivity index (χ0) is 19.0. The van der Waals surface area contributed by atoms with Crippen LogP contribution in [-0.2, 0) is 17.1 Å². The van der Waals surface area contributed by atoms with E-state index in [-0.39, 0.29) is 0 Å². The smallest absolute Gasteiger partial charge is 0.243 e. The van der Waals surface area contributed by atoms with Crippen molar-refractivity contribution in [1.82, 2.24) is 14.1 Å². The number of aromatic nitrogens is 2. The van der Waals surface area contributed by atoms with Gasteiger partial charge in [-0.15, -0.1) is 0 Å². The van der Waals surface area contributed by atoms with E-state index in [1.807, 2.05) is 49.6 Å². The molecule has 0 amide bonds. The molecule has 0 spiro atoms. The molecule has 142 valence electrons. The third-order valence-corrected chi connectivity index (χ3v) is 6.87. The number of aliphatic imine (C=N–C) groups is 1. The average Bonchev–Trinajstić information content (AvgIpc) is 3.34. The third kappa shape index (κ3) is 3.42. The molecule has 2 aliphatic heterocycles. The summed E-state index contributed by atoms with van der Waals surface area (Å²) >= 11 is 0. The van der Waals surface area contributed by atoms with Gasteiger partial charge in [0.2, 0.25) is 10.0 Å². The molecular formula is C19H23N5O2S. The van der Waals surface area contributed by atoms with Gasteiger partial charge in [0.1, 0.15) is 6.67 Å². The molecule has 3 heterocycles. The van der Waals surface area contributed by atoms with Crippen LogP contribution in [0.15, 0.2) is 58.3 Å². The minimum absolute atomic E-state index is 0.350. The number of rotatable bonds is 4. The van der Waals surface area contributed by atoms with Crippen molar-refractivity contribution >= 4 is 21.4 Å². The molecule has 2 aromatic rings. The van der Waals surface area contributed by atoms with E-state index in [2.05, 4.69) is 5.10 Å². The molecule has 2 aliphatic rings. The molecule has 0 radical (unpaired) electrons. The van der Waals surface area contributed by atoms with E-state index in [1.165, 1.54) is 0 Å². The van der Waals surface area contributed by atoms with E-state index in [0.717, 1.165) is 35.4 Å². The monoisotopic (exact) mass is 385 g/mol. The van der Waals surface area contributed by atoms with Crippen LogP contribution in [0.5, 0.6) is 0 Å². The molecule has 1 fully saturated rings. The van der Waals surface area contributed by atoms with Gasteiger partial charge in [-0.2, -0.15) is 9.40 Å². The summed E-state index contributed by atoms with van der Waals surface area (Å²) in [4.78, 5) is 7.08. The van der Waals surface area contributed by atoms with Crippen LogP contribution in [0, 0.1) is 0 Å². The first-order valence-corrected chi connectivity index (χ1v) is 10.5. The van der Waals surface area contributed by atoms with Gasteiger partial charge in [-0.3, -0.25) is 9.67 Å². The van der Waals surface area contributed by atoms with E-state index >= 15 is 0 Å². The Bertz CT molecular complexity index is 999. The van der Waals surface area contributed by atoms with Gasteiger partial charge >= 0.3 is 0 Å². The van der Waals surface area contributed by atoms with Gasteiger partial charge in [-0.1, -0.05) is 12.1 Å². The minimum Gasteiger partial charge on any atom is -0.325 e. The van der Waals surface area contributed by atoms with Crippen LogP contribution in [0.3, 0.4) is 0 Å². The van der Waals surface area contributed by atoms with Crippen LogP contribution in [0.1, 0.15) is 25.3 Å². The highest BCUT2D eigenvalue weighted by Crippen LogP contribution is 2.24. The number of hydrogen-bond acceptors (Lipinski definition) is 5. The first kappa shape index (κ1) is 17.9. The third-order valence-electron chi connectivity index (χ3n) is 4.96. The predicted octanol–water partition coefficient (Wildman–Crippen LogP) is 2.38. The summed E-state index contributed by atoms with van der Waals surface area (Å²) in [5.74, 6) is 0. The van der Waals surface area contributed by atoms with E-state index in [1.54, 1.807) is 21.1 Å². The number of nitrogens with zero attached hydrogens (tertiary/aromatic N) is 5. The second-order valence-corrected chi connectivity index (χ2v) is 8.88. The van der Waals surface area contributed by atoms with Gasteiger partial charge in [0, 0.05) is 38.1 Å². The van der Waals surface area contributed by atoms with Crippen LogP contribution in [0.25, 0.3) is 0 Å². The number of anilines is 1. The summed E-state index contributed by atoms with van der Waals surface area (Å²) in [5.41, 5.74) is 3.84. The van der Waals surface area contributed by atoms with Crippen molar-refractivity contribution in [3.8, 4) is 0 Å². The number of aryl methyl sites for hydroxylation is 1. The highest BCUT2D eigenvalue weighted by Gasteiger charge is 2.27. The lowest BCUT2D eigenvalue weighted by molar-refractivity contribution is 0.477. The quantitative estimate of drug-likeness (QED) is 0.810. The summed E-state index contributed by atoms with van der Waals surface area (Å²) in [6.45, 7) is 3.74. The van der Waals surface area contributed by atoms with Crippen molar-refractivity contribution in [2.45, 2.75) is 24.7 Å². The Morgan fingerprint density at radius 1 is 1.07 bits per heavy atom. The van der Waals surface area contributed by atoms with E-state index in [0.29, 0.717) is 24.7 Å². The summed E-state index contributed by atoms with van der Waals surface area (Å²) < 4.78 is 28.6. The van der Waals surface area contributed by atoms with Crippen LogP contribution >= 0.6 is 0 Å².